The average Bonchev–Trinajstić information content (AvgIpc) is 3.52. The molecular formula is C31H25N5O5. The van der Waals surface area contributed by atoms with E-state index in [1.165, 1.54) is 19.1 Å². The Morgan fingerprint density at radius 2 is 1.78 bits per heavy atom. The van der Waals surface area contributed by atoms with Crippen molar-refractivity contribution in [2.45, 2.75) is 24.2 Å². The fourth-order valence-electron chi connectivity index (χ4n) is 6.17. The minimum Gasteiger partial charge on any atom is -0.466 e. The Hall–Kier alpha value is -5.43. The lowest BCUT2D eigenvalue weighted by Gasteiger charge is -2.36. The van der Waals surface area contributed by atoms with Crippen molar-refractivity contribution in [3.63, 3.8) is 0 Å². The number of nitrogens with zero attached hydrogens (tertiary/aromatic N) is 3. The van der Waals surface area contributed by atoms with Crippen LogP contribution in [0.25, 0.3) is 0 Å². The number of ether oxygens (including phenoxy) is 2. The van der Waals surface area contributed by atoms with Crippen molar-refractivity contribution in [2.75, 3.05) is 24.4 Å². The summed E-state index contributed by atoms with van der Waals surface area (Å²) in [6.45, 7) is 0. The van der Waals surface area contributed by atoms with E-state index in [-0.39, 0.29) is 28.6 Å². The molecule has 2 unspecified atom stereocenters. The number of carbonyl (C=O) groups excluding carboxylic acids is 3. The fraction of sp³-hybridized carbons (Fsp3) is 0.194. The number of allylic oxidation sites excluding steroid dienone is 1. The van der Waals surface area contributed by atoms with Crippen LogP contribution in [0.4, 0.5) is 11.5 Å². The molecule has 3 aromatic rings. The smallest absolute Gasteiger partial charge is 0.355 e. The first kappa shape index (κ1) is 25.8. The number of anilines is 2. The van der Waals surface area contributed by atoms with E-state index < -0.39 is 23.3 Å². The van der Waals surface area contributed by atoms with E-state index in [2.05, 4.69) is 16.4 Å². The molecular weight excluding hydrogens is 522 g/mol. The molecule has 6 rings (SSSR count). The summed E-state index contributed by atoms with van der Waals surface area (Å²) in [5, 5.41) is 13.2. The van der Waals surface area contributed by atoms with Crippen LogP contribution in [0.3, 0.4) is 0 Å². The number of nitriles is 1. The first-order valence-electron chi connectivity index (χ1n) is 12.9. The third-order valence-corrected chi connectivity index (χ3v) is 8.03. The van der Waals surface area contributed by atoms with Gasteiger partial charge in [-0.05, 0) is 47.7 Å². The number of pyridine rings is 1. The lowest BCUT2D eigenvalue weighted by molar-refractivity contribution is -0.139. The zero-order chi connectivity index (χ0) is 28.9. The van der Waals surface area contributed by atoms with Crippen LogP contribution in [-0.4, -0.2) is 37.0 Å². The Morgan fingerprint density at radius 3 is 2.49 bits per heavy atom. The molecule has 0 saturated carbocycles. The normalized spacial score (nSPS) is 20.9. The molecule has 1 amide bonds. The number of benzene rings is 2. The summed E-state index contributed by atoms with van der Waals surface area (Å²) in [5.41, 5.74) is 9.39. The summed E-state index contributed by atoms with van der Waals surface area (Å²) >= 11 is 0. The van der Waals surface area contributed by atoms with E-state index in [4.69, 9.17) is 15.2 Å². The molecule has 10 heteroatoms. The van der Waals surface area contributed by atoms with Crippen molar-refractivity contribution in [1.82, 2.24) is 4.98 Å². The van der Waals surface area contributed by atoms with Gasteiger partial charge in [0.1, 0.15) is 17.3 Å². The van der Waals surface area contributed by atoms with E-state index in [0.717, 1.165) is 16.7 Å². The molecule has 3 heterocycles. The van der Waals surface area contributed by atoms with Crippen LogP contribution in [0.15, 0.2) is 89.5 Å². The number of aromatic nitrogens is 1. The zero-order valence-electron chi connectivity index (χ0n) is 22.3. The zero-order valence-corrected chi connectivity index (χ0v) is 22.3. The predicted octanol–water partition coefficient (Wildman–Crippen LogP) is 2.97. The number of hydrogen-bond acceptors (Lipinski definition) is 9. The van der Waals surface area contributed by atoms with Crippen molar-refractivity contribution in [2.24, 2.45) is 5.73 Å². The molecule has 204 valence electrons. The van der Waals surface area contributed by atoms with E-state index in [9.17, 15) is 19.6 Å². The maximum Gasteiger partial charge on any atom is 0.355 e. The highest BCUT2D eigenvalue weighted by Crippen LogP contribution is 2.48. The summed E-state index contributed by atoms with van der Waals surface area (Å²) in [4.78, 5) is 45.6. The van der Waals surface area contributed by atoms with E-state index >= 15 is 0 Å². The minimum atomic E-state index is -0.956. The highest BCUT2D eigenvalue weighted by atomic mass is 16.5. The molecule has 3 N–H and O–H groups in total. The van der Waals surface area contributed by atoms with Gasteiger partial charge in [0.2, 0.25) is 5.91 Å². The molecule has 1 aliphatic carbocycles. The Balaban J connectivity index is 1.52. The van der Waals surface area contributed by atoms with Crippen LogP contribution < -0.4 is 16.0 Å². The average molecular weight is 548 g/mol. The number of amides is 1. The predicted molar refractivity (Wildman–Crippen MR) is 148 cm³/mol. The van der Waals surface area contributed by atoms with Crippen molar-refractivity contribution < 1.29 is 23.9 Å². The quantitative estimate of drug-likeness (QED) is 0.470. The Morgan fingerprint density at radius 1 is 1.05 bits per heavy atom. The summed E-state index contributed by atoms with van der Waals surface area (Å²) in [6, 6.07) is 20.1. The molecule has 1 spiro atoms. The maximum atomic E-state index is 13.4. The second kappa shape index (κ2) is 9.64. The van der Waals surface area contributed by atoms with Gasteiger partial charge in [-0.2, -0.15) is 5.26 Å². The number of nitrogens with one attached hydrogen (secondary N) is 1. The van der Waals surface area contributed by atoms with Gasteiger partial charge in [-0.25, -0.2) is 14.6 Å². The summed E-state index contributed by atoms with van der Waals surface area (Å²) in [7, 11) is 2.41. The molecule has 3 aliphatic rings. The van der Waals surface area contributed by atoms with Crippen LogP contribution in [0.5, 0.6) is 0 Å². The van der Waals surface area contributed by atoms with E-state index in [1.807, 2.05) is 24.3 Å². The minimum absolute atomic E-state index is 0.0183. The molecule has 2 aliphatic heterocycles. The molecule has 10 nitrogen and oxygen atoms in total. The number of rotatable bonds is 4. The summed E-state index contributed by atoms with van der Waals surface area (Å²) < 4.78 is 10.2. The largest absolute Gasteiger partial charge is 0.466 e. The number of fused-ring (bicyclic) bond motifs is 3. The molecule has 0 radical (unpaired) electrons. The highest BCUT2D eigenvalue weighted by molar-refractivity contribution is 6.07. The molecule has 0 saturated heterocycles. The lowest BCUT2D eigenvalue weighted by atomic mass is 9.79. The van der Waals surface area contributed by atoms with Crippen LogP contribution in [0, 0.1) is 11.3 Å². The molecule has 2 aromatic carbocycles. The summed E-state index contributed by atoms with van der Waals surface area (Å²) in [6.07, 6.45) is 2.51. The Bertz CT molecular complexity index is 1740. The van der Waals surface area contributed by atoms with Crippen molar-refractivity contribution >= 4 is 29.4 Å². The number of methoxy groups -OCH3 is 2. The van der Waals surface area contributed by atoms with Crippen LogP contribution in [0.2, 0.25) is 0 Å². The number of hydrogen-bond donors (Lipinski definition) is 2. The van der Waals surface area contributed by atoms with Crippen LogP contribution in [0.1, 0.15) is 28.2 Å². The second-order valence-electron chi connectivity index (χ2n) is 10.1. The lowest BCUT2D eigenvalue weighted by Crippen LogP contribution is -2.40. The van der Waals surface area contributed by atoms with Gasteiger partial charge < -0.3 is 20.5 Å². The third-order valence-electron chi connectivity index (χ3n) is 8.03. The van der Waals surface area contributed by atoms with Gasteiger partial charge in [-0.1, -0.05) is 42.5 Å². The molecule has 41 heavy (non-hydrogen) atoms. The van der Waals surface area contributed by atoms with E-state index in [0.29, 0.717) is 29.9 Å². The molecule has 2 atom stereocenters. The Kier molecular flexibility index (Phi) is 6.07. The number of nitrogens with two attached hydrogens (primary N) is 1. The molecule has 0 bridgehead atoms. The Labute approximate surface area is 235 Å². The van der Waals surface area contributed by atoms with Crippen molar-refractivity contribution in [1.29, 1.82) is 5.26 Å². The summed E-state index contributed by atoms with van der Waals surface area (Å²) in [5.74, 6) is -2.16. The fourth-order valence-corrected chi connectivity index (χ4v) is 6.17. The van der Waals surface area contributed by atoms with Crippen LogP contribution in [-0.2, 0) is 42.1 Å². The standard InChI is InChI=1S/C31H25N5O5/c1-40-28(37)24-23(17-7-4-3-5-8-17)21(16-32)26(33)36(25(24)29(38)41-2)20-11-10-18-14-31(15-19(18)13-20)22-9-6-12-34-27(22)35-30(31)39/h3-13,23H,14-15,33H2,1-2H3,(H,34,35,39). The van der Waals surface area contributed by atoms with Gasteiger partial charge >= 0.3 is 11.9 Å². The van der Waals surface area contributed by atoms with Crippen molar-refractivity contribution in [3.05, 3.63) is 112 Å². The topological polar surface area (TPSA) is 148 Å². The first-order valence-corrected chi connectivity index (χ1v) is 12.9. The highest BCUT2D eigenvalue weighted by Gasteiger charge is 2.51. The first-order chi connectivity index (χ1) is 19.8. The van der Waals surface area contributed by atoms with E-state index in [1.54, 1.807) is 42.6 Å². The number of carbonyl (C=O) groups is 3. The van der Waals surface area contributed by atoms with Gasteiger partial charge in [0.15, 0.2) is 0 Å². The van der Waals surface area contributed by atoms with Gasteiger partial charge in [0, 0.05) is 17.4 Å². The molecule has 1 aromatic heterocycles. The third kappa shape index (κ3) is 3.77. The van der Waals surface area contributed by atoms with Gasteiger partial charge in [-0.3, -0.25) is 9.69 Å². The second-order valence-corrected chi connectivity index (χ2v) is 10.1. The van der Waals surface area contributed by atoms with Crippen LogP contribution >= 0.6 is 0 Å². The SMILES string of the molecule is COC(=O)C1=C(C(=O)OC)N(c2ccc3c(c2)CC2(C3)C(=O)Nc3ncccc32)C(N)=C(C#N)C1c1ccccc1. The van der Waals surface area contributed by atoms with Gasteiger partial charge in [0.25, 0.3) is 0 Å². The monoisotopic (exact) mass is 547 g/mol. The maximum absolute atomic E-state index is 13.4. The molecule has 0 fully saturated rings. The van der Waals surface area contributed by atoms with Gasteiger partial charge in [-0.15, -0.1) is 0 Å². The van der Waals surface area contributed by atoms with Gasteiger partial charge in [0.05, 0.1) is 42.8 Å². The number of esters is 2. The van der Waals surface area contributed by atoms with Crippen molar-refractivity contribution in [3.8, 4) is 6.07 Å².